The summed E-state index contributed by atoms with van der Waals surface area (Å²) in [6.45, 7) is 11.7. The lowest BCUT2D eigenvalue weighted by Gasteiger charge is -2.34. The highest BCUT2D eigenvalue weighted by atomic mass is 16.1. The van der Waals surface area contributed by atoms with Crippen LogP contribution in [0.2, 0.25) is 0 Å². The number of nitrogens with one attached hydrogen (secondary N) is 1. The number of aromatic nitrogens is 1. The van der Waals surface area contributed by atoms with Crippen LogP contribution in [-0.4, -0.2) is 22.3 Å². The Hall–Kier alpha value is -2.20. The molecule has 0 unspecified atom stereocenters. The van der Waals surface area contributed by atoms with Gasteiger partial charge in [-0.25, -0.2) is 0 Å². The van der Waals surface area contributed by atoms with E-state index in [1.807, 2.05) is 31.3 Å². The zero-order valence-corrected chi connectivity index (χ0v) is 19.5. The number of hydrogen-bond acceptors (Lipinski definition) is 3. The van der Waals surface area contributed by atoms with Crippen molar-refractivity contribution in [2.75, 3.05) is 6.54 Å². The monoisotopic (exact) mass is 419 g/mol. The third-order valence-electron chi connectivity index (χ3n) is 7.15. The lowest BCUT2D eigenvalue weighted by molar-refractivity contribution is 0.0950. The van der Waals surface area contributed by atoms with E-state index in [9.17, 15) is 4.79 Å². The molecule has 0 saturated heterocycles. The second-order valence-electron chi connectivity index (χ2n) is 10.2. The van der Waals surface area contributed by atoms with Crippen molar-refractivity contribution >= 4 is 5.91 Å². The molecule has 1 N–H and O–H groups in total. The molecule has 1 aliphatic heterocycles. The summed E-state index contributed by atoms with van der Waals surface area (Å²) < 4.78 is 0. The van der Waals surface area contributed by atoms with Gasteiger partial charge in [-0.15, -0.1) is 0 Å². The topological polar surface area (TPSA) is 45.2 Å². The molecule has 1 aliphatic carbocycles. The largest absolute Gasteiger partial charge is 0.346 e. The van der Waals surface area contributed by atoms with Crippen molar-refractivity contribution < 1.29 is 4.79 Å². The summed E-state index contributed by atoms with van der Waals surface area (Å²) >= 11 is 0. The van der Waals surface area contributed by atoms with E-state index in [1.54, 1.807) is 0 Å². The van der Waals surface area contributed by atoms with Crippen LogP contribution >= 0.6 is 0 Å². The van der Waals surface area contributed by atoms with Crippen LogP contribution in [0.25, 0.3) is 0 Å². The summed E-state index contributed by atoms with van der Waals surface area (Å²) in [5.41, 5.74) is 5.50. The first-order valence-corrected chi connectivity index (χ1v) is 12.0. The number of nitrogens with zero attached hydrogens (tertiary/aromatic N) is 2. The number of fused-ring (bicyclic) bond motifs is 1. The third kappa shape index (κ3) is 5.17. The molecule has 0 bridgehead atoms. The number of amides is 1. The minimum Gasteiger partial charge on any atom is -0.346 e. The molecular formula is C27H37N3O. The van der Waals surface area contributed by atoms with Gasteiger partial charge in [-0.05, 0) is 72.4 Å². The minimum absolute atomic E-state index is 0.0222. The van der Waals surface area contributed by atoms with Gasteiger partial charge in [-0.3, -0.25) is 14.7 Å². The van der Waals surface area contributed by atoms with Crippen LogP contribution in [-0.2, 0) is 13.1 Å². The number of rotatable bonds is 6. The number of carbonyl (C=O) groups is 1. The molecule has 4 nitrogen and oxygen atoms in total. The molecule has 31 heavy (non-hydrogen) atoms. The summed E-state index contributed by atoms with van der Waals surface area (Å²) in [5, 5.41) is 3.03. The van der Waals surface area contributed by atoms with Gasteiger partial charge >= 0.3 is 0 Å². The molecule has 1 amide bonds. The molecule has 2 aliphatic rings. The summed E-state index contributed by atoms with van der Waals surface area (Å²) in [6.07, 6.45) is 7.31. The Morgan fingerprint density at radius 2 is 1.94 bits per heavy atom. The Morgan fingerprint density at radius 1 is 1.16 bits per heavy atom. The van der Waals surface area contributed by atoms with Gasteiger partial charge in [0.1, 0.15) is 0 Å². The van der Waals surface area contributed by atoms with E-state index in [-0.39, 0.29) is 5.91 Å². The second kappa shape index (κ2) is 9.52. The Labute approximate surface area is 187 Å². The van der Waals surface area contributed by atoms with Crippen molar-refractivity contribution in [3.05, 3.63) is 64.5 Å². The summed E-state index contributed by atoms with van der Waals surface area (Å²) in [6, 6.07) is 10.8. The normalized spacial score (nSPS) is 23.7. The fraction of sp³-hybridized carbons (Fsp3) is 0.556. The zero-order valence-electron chi connectivity index (χ0n) is 19.5. The number of benzene rings is 1. The van der Waals surface area contributed by atoms with Crippen LogP contribution < -0.4 is 5.32 Å². The molecule has 1 saturated carbocycles. The molecule has 2 heterocycles. The van der Waals surface area contributed by atoms with E-state index in [2.05, 4.69) is 48.1 Å². The van der Waals surface area contributed by atoms with Crippen LogP contribution in [0.15, 0.2) is 36.5 Å². The molecule has 1 atom stereocenters. The quantitative estimate of drug-likeness (QED) is 0.657. The predicted molar refractivity (Wildman–Crippen MR) is 126 cm³/mol. The van der Waals surface area contributed by atoms with Gasteiger partial charge in [0.05, 0.1) is 12.2 Å². The van der Waals surface area contributed by atoms with Crippen LogP contribution in [0.5, 0.6) is 0 Å². The summed E-state index contributed by atoms with van der Waals surface area (Å²) in [4.78, 5) is 19.8. The van der Waals surface area contributed by atoms with Crippen molar-refractivity contribution in [1.29, 1.82) is 0 Å². The molecular weight excluding hydrogens is 382 g/mol. The average Bonchev–Trinajstić information content (AvgIpc) is 3.12. The maximum atomic E-state index is 12.8. The molecule has 4 heteroatoms. The maximum Gasteiger partial charge on any atom is 0.251 e. The van der Waals surface area contributed by atoms with Gasteiger partial charge in [0.15, 0.2) is 0 Å². The van der Waals surface area contributed by atoms with E-state index in [0.29, 0.717) is 18.5 Å². The van der Waals surface area contributed by atoms with E-state index < -0.39 is 0 Å². The average molecular weight is 420 g/mol. The minimum atomic E-state index is -0.0222. The van der Waals surface area contributed by atoms with Gasteiger partial charge in [0, 0.05) is 30.9 Å². The predicted octanol–water partition coefficient (Wildman–Crippen LogP) is 5.66. The first kappa shape index (κ1) is 22.0. The SMILES string of the molecule is Cc1ccc(CNC(=O)c2ccc3c(c2)CN(C[C@H]2CC[C@H](C)CC2)[C@@H]3C(C)C)nc1. The first-order valence-electron chi connectivity index (χ1n) is 12.0. The van der Waals surface area contributed by atoms with Crippen molar-refractivity contribution in [2.24, 2.45) is 17.8 Å². The molecule has 0 radical (unpaired) electrons. The summed E-state index contributed by atoms with van der Waals surface area (Å²) in [5.74, 6) is 2.25. The molecule has 4 rings (SSSR count). The molecule has 166 valence electrons. The van der Waals surface area contributed by atoms with Gasteiger partial charge in [-0.2, -0.15) is 0 Å². The van der Waals surface area contributed by atoms with Crippen molar-refractivity contribution in [1.82, 2.24) is 15.2 Å². The molecule has 2 aromatic rings. The van der Waals surface area contributed by atoms with Crippen LogP contribution in [0.3, 0.4) is 0 Å². The third-order valence-corrected chi connectivity index (χ3v) is 7.15. The maximum absolute atomic E-state index is 12.8. The van der Waals surface area contributed by atoms with Crippen LogP contribution in [0, 0.1) is 24.7 Å². The number of aryl methyl sites for hydroxylation is 1. The molecule has 1 aromatic carbocycles. The van der Waals surface area contributed by atoms with Gasteiger partial charge < -0.3 is 5.32 Å². The smallest absolute Gasteiger partial charge is 0.251 e. The fourth-order valence-electron chi connectivity index (χ4n) is 5.36. The van der Waals surface area contributed by atoms with Gasteiger partial charge in [-0.1, -0.05) is 45.7 Å². The van der Waals surface area contributed by atoms with Crippen LogP contribution in [0.1, 0.15) is 85.2 Å². The highest BCUT2D eigenvalue weighted by Crippen LogP contribution is 2.41. The Morgan fingerprint density at radius 3 is 2.61 bits per heavy atom. The lowest BCUT2D eigenvalue weighted by Crippen LogP contribution is -2.32. The van der Waals surface area contributed by atoms with Gasteiger partial charge in [0.2, 0.25) is 0 Å². The zero-order chi connectivity index (χ0) is 22.0. The lowest BCUT2D eigenvalue weighted by atomic mass is 9.82. The van der Waals surface area contributed by atoms with E-state index in [4.69, 9.17) is 0 Å². The second-order valence-corrected chi connectivity index (χ2v) is 10.2. The van der Waals surface area contributed by atoms with E-state index >= 15 is 0 Å². The number of hydrogen-bond donors (Lipinski definition) is 1. The first-order chi connectivity index (χ1) is 14.9. The van der Waals surface area contributed by atoms with Crippen molar-refractivity contribution in [3.8, 4) is 0 Å². The highest BCUT2D eigenvalue weighted by Gasteiger charge is 2.34. The molecule has 1 fully saturated rings. The van der Waals surface area contributed by atoms with E-state index in [1.165, 1.54) is 43.4 Å². The Kier molecular flexibility index (Phi) is 6.76. The number of pyridine rings is 1. The Balaban J connectivity index is 1.43. The van der Waals surface area contributed by atoms with Gasteiger partial charge in [0.25, 0.3) is 5.91 Å². The fourth-order valence-corrected chi connectivity index (χ4v) is 5.36. The van der Waals surface area contributed by atoms with Crippen LogP contribution in [0.4, 0.5) is 0 Å². The van der Waals surface area contributed by atoms with E-state index in [0.717, 1.165) is 35.2 Å². The van der Waals surface area contributed by atoms with Crippen molar-refractivity contribution in [3.63, 3.8) is 0 Å². The number of carbonyl (C=O) groups excluding carboxylic acids is 1. The highest BCUT2D eigenvalue weighted by molar-refractivity contribution is 5.94. The molecule has 1 aromatic heterocycles. The Bertz CT molecular complexity index is 897. The standard InChI is InChI=1S/C27H37N3O/c1-18(2)26-25-12-10-22(27(31)29-15-24-11-7-20(4)14-28-24)13-23(25)17-30(26)16-21-8-5-19(3)6-9-21/h7,10-14,18-19,21,26H,5-6,8-9,15-17H2,1-4H3,(H,29,31)/t19-,21-,26-/m1/s1. The van der Waals surface area contributed by atoms with Crippen molar-refractivity contribution in [2.45, 2.75) is 72.5 Å². The summed E-state index contributed by atoms with van der Waals surface area (Å²) in [7, 11) is 0. The molecule has 0 spiro atoms.